The van der Waals surface area contributed by atoms with Crippen molar-refractivity contribution in [3.8, 4) is 0 Å². The first-order valence-electron chi connectivity index (χ1n) is 9.93. The molecule has 1 aromatic carbocycles. The fourth-order valence-electron chi connectivity index (χ4n) is 4.61. The highest BCUT2D eigenvalue weighted by atomic mass is 15.3. The molecular weight excluding hydrogens is 334 g/mol. The van der Waals surface area contributed by atoms with Crippen LogP contribution >= 0.6 is 0 Å². The minimum atomic E-state index is 0.521. The highest BCUT2D eigenvalue weighted by molar-refractivity contribution is 5.84. The summed E-state index contributed by atoms with van der Waals surface area (Å²) in [5.74, 6) is 0.521. The zero-order valence-corrected chi connectivity index (χ0v) is 17.2. The van der Waals surface area contributed by atoms with Gasteiger partial charge < -0.3 is 9.47 Å². The van der Waals surface area contributed by atoms with E-state index >= 15 is 0 Å². The largest absolute Gasteiger partial charge is 0.350 e. The maximum atomic E-state index is 4.62. The van der Waals surface area contributed by atoms with E-state index in [0.29, 0.717) is 12.0 Å². The summed E-state index contributed by atoms with van der Waals surface area (Å²) in [6.45, 7) is 8.37. The lowest BCUT2D eigenvalue weighted by Gasteiger charge is -2.25. The Balaban J connectivity index is 1.63. The Morgan fingerprint density at radius 3 is 2.63 bits per heavy atom. The molecule has 5 nitrogen and oxygen atoms in total. The highest BCUT2D eigenvalue weighted by Gasteiger charge is 2.36. The predicted molar refractivity (Wildman–Crippen MR) is 111 cm³/mol. The molecule has 1 saturated heterocycles. The van der Waals surface area contributed by atoms with E-state index in [2.05, 4.69) is 91.1 Å². The standard InChI is InChI=1S/C22H31N5/c1-6-27-12-17(16(2)23-27)11-26-14-20(22(15-26)24(3)4)19-13-25(5)21-10-8-7-9-18(19)21/h7-10,12-13,20,22H,6,11,14-15H2,1-5H3/t20-,22+/m1/s1. The molecule has 3 heterocycles. The number of para-hydroxylation sites is 1. The first-order valence-corrected chi connectivity index (χ1v) is 9.93. The second-order valence-electron chi connectivity index (χ2n) is 8.14. The summed E-state index contributed by atoms with van der Waals surface area (Å²) in [7, 11) is 6.59. The average Bonchev–Trinajstić information content (AvgIpc) is 3.32. The van der Waals surface area contributed by atoms with Gasteiger partial charge in [0.1, 0.15) is 0 Å². The van der Waals surface area contributed by atoms with Crippen molar-refractivity contribution in [1.29, 1.82) is 0 Å². The van der Waals surface area contributed by atoms with Crippen molar-refractivity contribution >= 4 is 10.9 Å². The maximum Gasteiger partial charge on any atom is 0.0638 e. The predicted octanol–water partition coefficient (Wildman–Crippen LogP) is 3.23. The van der Waals surface area contributed by atoms with Crippen LogP contribution in [0.5, 0.6) is 0 Å². The molecule has 0 spiro atoms. The zero-order chi connectivity index (χ0) is 19.1. The first-order chi connectivity index (χ1) is 13.0. The van der Waals surface area contributed by atoms with Crippen molar-refractivity contribution in [1.82, 2.24) is 24.1 Å². The summed E-state index contributed by atoms with van der Waals surface area (Å²) >= 11 is 0. The highest BCUT2D eigenvalue weighted by Crippen LogP contribution is 2.36. The van der Waals surface area contributed by atoms with Crippen LogP contribution in [0, 0.1) is 6.92 Å². The molecule has 1 aliphatic heterocycles. The number of fused-ring (bicyclic) bond motifs is 1. The van der Waals surface area contributed by atoms with E-state index < -0.39 is 0 Å². The van der Waals surface area contributed by atoms with Crippen molar-refractivity contribution in [3.05, 3.63) is 53.5 Å². The van der Waals surface area contributed by atoms with Crippen LogP contribution in [0.2, 0.25) is 0 Å². The summed E-state index contributed by atoms with van der Waals surface area (Å²) in [5, 5.41) is 6.02. The Labute approximate surface area is 162 Å². The molecule has 1 aliphatic rings. The molecule has 144 valence electrons. The van der Waals surface area contributed by atoms with Crippen LogP contribution in [0.3, 0.4) is 0 Å². The smallest absolute Gasteiger partial charge is 0.0638 e. The van der Waals surface area contributed by atoms with Crippen molar-refractivity contribution in [3.63, 3.8) is 0 Å². The van der Waals surface area contributed by atoms with Gasteiger partial charge in [-0.25, -0.2) is 0 Å². The van der Waals surface area contributed by atoms with Crippen LogP contribution in [0.1, 0.15) is 29.7 Å². The Morgan fingerprint density at radius 1 is 1.15 bits per heavy atom. The number of aryl methyl sites for hydroxylation is 3. The van der Waals surface area contributed by atoms with E-state index in [1.807, 2.05) is 4.68 Å². The van der Waals surface area contributed by atoms with Crippen molar-refractivity contribution in [2.45, 2.75) is 38.9 Å². The van der Waals surface area contributed by atoms with Gasteiger partial charge >= 0.3 is 0 Å². The molecule has 0 saturated carbocycles. The molecule has 27 heavy (non-hydrogen) atoms. The van der Waals surface area contributed by atoms with Crippen LogP contribution in [0.4, 0.5) is 0 Å². The average molecular weight is 366 g/mol. The Kier molecular flexibility index (Phi) is 4.82. The fourth-order valence-corrected chi connectivity index (χ4v) is 4.61. The number of rotatable bonds is 5. The molecular formula is C22H31N5. The van der Waals surface area contributed by atoms with Gasteiger partial charge in [0.25, 0.3) is 0 Å². The number of hydrogen-bond donors (Lipinski definition) is 0. The molecule has 0 aliphatic carbocycles. The lowest BCUT2D eigenvalue weighted by atomic mass is 9.93. The molecule has 2 aromatic heterocycles. The molecule has 0 N–H and O–H groups in total. The van der Waals surface area contributed by atoms with Gasteiger partial charge in [-0.05, 0) is 39.6 Å². The number of nitrogens with zero attached hydrogens (tertiary/aromatic N) is 5. The zero-order valence-electron chi connectivity index (χ0n) is 17.2. The molecule has 0 amide bonds. The van der Waals surface area contributed by atoms with Gasteiger partial charge in [-0.1, -0.05) is 18.2 Å². The van der Waals surface area contributed by atoms with E-state index in [1.54, 1.807) is 0 Å². The van der Waals surface area contributed by atoms with Crippen molar-refractivity contribution in [2.75, 3.05) is 27.2 Å². The Hall–Kier alpha value is -2.11. The molecule has 3 aromatic rings. The molecule has 0 unspecified atom stereocenters. The van der Waals surface area contributed by atoms with Gasteiger partial charge in [0, 0.05) is 74.0 Å². The number of benzene rings is 1. The minimum Gasteiger partial charge on any atom is -0.350 e. The summed E-state index contributed by atoms with van der Waals surface area (Å²) in [6, 6.07) is 9.31. The SMILES string of the molecule is CCn1cc(CN2C[C@H](c3cn(C)c4ccccc34)[C@@H](N(C)C)C2)c(C)n1. The monoisotopic (exact) mass is 365 g/mol. The molecule has 2 atom stereocenters. The van der Waals surface area contributed by atoms with Crippen molar-refractivity contribution < 1.29 is 0 Å². The maximum absolute atomic E-state index is 4.62. The van der Waals surface area contributed by atoms with Gasteiger partial charge in [-0.2, -0.15) is 5.10 Å². The van der Waals surface area contributed by atoms with Crippen LogP contribution in [0.15, 0.2) is 36.7 Å². The van der Waals surface area contributed by atoms with Gasteiger partial charge in [0.2, 0.25) is 0 Å². The van der Waals surface area contributed by atoms with Crippen LogP contribution in [0.25, 0.3) is 10.9 Å². The third-order valence-electron chi connectivity index (χ3n) is 6.12. The first kappa shape index (κ1) is 18.3. The van der Waals surface area contributed by atoms with Crippen molar-refractivity contribution in [2.24, 2.45) is 7.05 Å². The summed E-state index contributed by atoms with van der Waals surface area (Å²) in [5.41, 5.74) is 5.32. The van der Waals surface area contributed by atoms with E-state index in [1.165, 1.54) is 22.0 Å². The van der Waals surface area contributed by atoms with Crippen LogP contribution in [-0.2, 0) is 20.1 Å². The van der Waals surface area contributed by atoms with E-state index in [9.17, 15) is 0 Å². The molecule has 4 rings (SSSR count). The van der Waals surface area contributed by atoms with Gasteiger partial charge in [-0.3, -0.25) is 9.58 Å². The quantitative estimate of drug-likeness (QED) is 0.695. The lowest BCUT2D eigenvalue weighted by Crippen LogP contribution is -2.34. The number of likely N-dealkylation sites (N-methyl/N-ethyl adjacent to an activating group) is 1. The van der Waals surface area contributed by atoms with Gasteiger partial charge in [-0.15, -0.1) is 0 Å². The third kappa shape index (κ3) is 3.30. The third-order valence-corrected chi connectivity index (χ3v) is 6.12. The second kappa shape index (κ2) is 7.13. The number of likely N-dealkylation sites (tertiary alicyclic amines) is 1. The normalized spacial score (nSPS) is 21.0. The minimum absolute atomic E-state index is 0.521. The Morgan fingerprint density at radius 2 is 1.93 bits per heavy atom. The molecule has 0 bridgehead atoms. The number of aromatic nitrogens is 3. The summed E-state index contributed by atoms with van der Waals surface area (Å²) in [6.07, 6.45) is 4.56. The molecule has 5 heteroatoms. The molecule has 0 radical (unpaired) electrons. The summed E-state index contributed by atoms with van der Waals surface area (Å²) in [4.78, 5) is 5.00. The Bertz CT molecular complexity index is 935. The summed E-state index contributed by atoms with van der Waals surface area (Å²) < 4.78 is 4.32. The van der Waals surface area contributed by atoms with E-state index in [-0.39, 0.29) is 0 Å². The van der Waals surface area contributed by atoms with E-state index in [0.717, 1.165) is 31.9 Å². The van der Waals surface area contributed by atoms with Gasteiger partial charge in [0.15, 0.2) is 0 Å². The number of hydrogen-bond acceptors (Lipinski definition) is 3. The van der Waals surface area contributed by atoms with E-state index in [4.69, 9.17) is 0 Å². The second-order valence-corrected chi connectivity index (χ2v) is 8.14. The lowest BCUT2D eigenvalue weighted by molar-refractivity contribution is 0.259. The van der Waals surface area contributed by atoms with Crippen LogP contribution < -0.4 is 0 Å². The topological polar surface area (TPSA) is 29.2 Å². The molecule has 1 fully saturated rings. The van der Waals surface area contributed by atoms with Gasteiger partial charge in [0.05, 0.1) is 5.69 Å². The fraction of sp³-hybridized carbons (Fsp3) is 0.500. The van der Waals surface area contributed by atoms with Crippen LogP contribution in [-0.4, -0.2) is 57.4 Å².